The number of amides is 1. The van der Waals surface area contributed by atoms with Crippen molar-refractivity contribution in [2.45, 2.75) is 6.54 Å². The van der Waals surface area contributed by atoms with Crippen LogP contribution in [0.2, 0.25) is 5.02 Å². The molecule has 3 rings (SSSR count). The smallest absolute Gasteiger partial charge is 0.271 e. The molecule has 3 N–H and O–H groups in total. The minimum Gasteiger partial charge on any atom is -0.486 e. The fraction of sp³-hybridized carbons (Fsp3) is 0.214. The van der Waals surface area contributed by atoms with Crippen LogP contribution in [0.25, 0.3) is 0 Å². The van der Waals surface area contributed by atoms with Crippen molar-refractivity contribution >= 4 is 23.3 Å². The first-order valence-electron chi connectivity index (χ1n) is 6.57. The van der Waals surface area contributed by atoms with Crippen LogP contribution >= 0.6 is 11.6 Å². The number of carbonyl (C=O) groups is 1. The van der Waals surface area contributed by atoms with E-state index < -0.39 is 0 Å². The van der Waals surface area contributed by atoms with Crippen LogP contribution in [0, 0.1) is 0 Å². The third-order valence-electron chi connectivity index (χ3n) is 3.01. The van der Waals surface area contributed by atoms with Crippen molar-refractivity contribution < 1.29 is 14.3 Å². The Morgan fingerprint density at radius 2 is 2.09 bits per heavy atom. The number of rotatable bonds is 3. The minimum absolute atomic E-state index is 0.192. The molecule has 114 valence electrons. The first kappa shape index (κ1) is 14.4. The molecule has 0 atom stereocenters. The molecule has 0 saturated heterocycles. The average molecular weight is 321 g/mol. The van der Waals surface area contributed by atoms with E-state index in [1.807, 2.05) is 0 Å². The lowest BCUT2D eigenvalue weighted by Crippen LogP contribution is -2.24. The third-order valence-corrected chi connectivity index (χ3v) is 3.29. The van der Waals surface area contributed by atoms with E-state index in [0.717, 1.165) is 5.56 Å². The van der Waals surface area contributed by atoms with Gasteiger partial charge in [-0.05, 0) is 17.7 Å². The zero-order valence-electron chi connectivity index (χ0n) is 11.5. The van der Waals surface area contributed by atoms with Gasteiger partial charge >= 0.3 is 0 Å². The van der Waals surface area contributed by atoms with E-state index in [2.05, 4.69) is 15.3 Å². The van der Waals surface area contributed by atoms with Gasteiger partial charge in [0.15, 0.2) is 11.5 Å². The molecule has 1 amide bonds. The number of nitrogen functional groups attached to an aromatic ring is 1. The monoisotopic (exact) mass is 320 g/mol. The lowest BCUT2D eigenvalue weighted by Gasteiger charge is -2.20. The number of halogens is 1. The lowest BCUT2D eigenvalue weighted by molar-refractivity contribution is 0.0945. The molecule has 1 aliphatic rings. The second kappa shape index (κ2) is 6.07. The Kier molecular flexibility index (Phi) is 3.97. The van der Waals surface area contributed by atoms with Gasteiger partial charge in [0.25, 0.3) is 5.91 Å². The summed E-state index contributed by atoms with van der Waals surface area (Å²) in [5.41, 5.74) is 6.42. The van der Waals surface area contributed by atoms with Gasteiger partial charge in [-0.15, -0.1) is 0 Å². The molecular formula is C14H13ClN4O3. The molecule has 2 heterocycles. The summed E-state index contributed by atoms with van der Waals surface area (Å²) in [7, 11) is 0. The van der Waals surface area contributed by atoms with Gasteiger partial charge in [-0.2, -0.15) is 0 Å². The Morgan fingerprint density at radius 1 is 1.27 bits per heavy atom. The summed E-state index contributed by atoms with van der Waals surface area (Å²) >= 11 is 6.14. The van der Waals surface area contributed by atoms with E-state index in [0.29, 0.717) is 29.7 Å². The van der Waals surface area contributed by atoms with Crippen LogP contribution in [-0.2, 0) is 6.54 Å². The zero-order chi connectivity index (χ0) is 15.5. The molecule has 0 radical (unpaired) electrons. The molecule has 1 aromatic heterocycles. The van der Waals surface area contributed by atoms with Gasteiger partial charge in [0.1, 0.15) is 24.7 Å². The van der Waals surface area contributed by atoms with Crippen LogP contribution in [0.1, 0.15) is 16.1 Å². The lowest BCUT2D eigenvalue weighted by atomic mass is 10.2. The van der Waals surface area contributed by atoms with Gasteiger partial charge in [0, 0.05) is 6.54 Å². The molecule has 0 fully saturated rings. The molecule has 7 nitrogen and oxygen atoms in total. The summed E-state index contributed by atoms with van der Waals surface area (Å²) in [5, 5.41) is 3.18. The van der Waals surface area contributed by atoms with Gasteiger partial charge in [-0.3, -0.25) is 4.79 Å². The molecule has 0 aliphatic carbocycles. The number of nitrogens with one attached hydrogen (secondary N) is 1. The van der Waals surface area contributed by atoms with Gasteiger partial charge in [-0.25, -0.2) is 9.97 Å². The van der Waals surface area contributed by atoms with Crippen molar-refractivity contribution in [2.75, 3.05) is 18.9 Å². The predicted octanol–water partition coefficient (Wildman–Crippen LogP) is 1.41. The van der Waals surface area contributed by atoms with E-state index in [9.17, 15) is 4.79 Å². The number of hydrogen-bond acceptors (Lipinski definition) is 6. The number of nitrogens with zero attached hydrogens (tertiary/aromatic N) is 2. The van der Waals surface area contributed by atoms with Crippen molar-refractivity contribution in [2.24, 2.45) is 0 Å². The van der Waals surface area contributed by atoms with Crippen LogP contribution in [-0.4, -0.2) is 29.1 Å². The Morgan fingerprint density at radius 3 is 2.86 bits per heavy atom. The number of benzene rings is 1. The van der Waals surface area contributed by atoms with E-state index in [4.69, 9.17) is 26.8 Å². The number of ether oxygens (including phenoxy) is 2. The topological polar surface area (TPSA) is 99.4 Å². The molecule has 22 heavy (non-hydrogen) atoms. The second-order valence-corrected chi connectivity index (χ2v) is 5.02. The first-order valence-corrected chi connectivity index (χ1v) is 6.95. The van der Waals surface area contributed by atoms with Gasteiger partial charge in [0.05, 0.1) is 17.4 Å². The highest BCUT2D eigenvalue weighted by Gasteiger charge is 2.17. The maximum Gasteiger partial charge on any atom is 0.271 e. The normalized spacial score (nSPS) is 12.8. The van der Waals surface area contributed by atoms with E-state index in [-0.39, 0.29) is 24.0 Å². The minimum atomic E-state index is -0.349. The Labute approximate surface area is 131 Å². The summed E-state index contributed by atoms with van der Waals surface area (Å²) in [6.45, 7) is 1.22. The molecule has 8 heteroatoms. The Balaban J connectivity index is 1.70. The van der Waals surface area contributed by atoms with Crippen molar-refractivity contribution in [3.63, 3.8) is 0 Å². The van der Waals surface area contributed by atoms with Gasteiger partial charge < -0.3 is 20.5 Å². The van der Waals surface area contributed by atoms with Gasteiger partial charge in [0.2, 0.25) is 0 Å². The number of carbonyl (C=O) groups excluding carboxylic acids is 1. The van der Waals surface area contributed by atoms with Crippen LogP contribution in [0.5, 0.6) is 11.5 Å². The number of anilines is 1. The quantitative estimate of drug-likeness (QED) is 0.887. The summed E-state index contributed by atoms with van der Waals surface area (Å²) in [6.07, 6.45) is 2.65. The van der Waals surface area contributed by atoms with E-state index in [1.165, 1.54) is 12.4 Å². The third kappa shape index (κ3) is 3.04. The van der Waals surface area contributed by atoms with Crippen LogP contribution < -0.4 is 20.5 Å². The highest BCUT2D eigenvalue weighted by atomic mass is 35.5. The predicted molar refractivity (Wildman–Crippen MR) is 80.1 cm³/mol. The van der Waals surface area contributed by atoms with Crippen molar-refractivity contribution in [1.82, 2.24) is 15.3 Å². The standard InChI is InChI=1S/C14H13ClN4O3/c15-9-3-8(4-11-13(9)22-2-1-21-11)5-19-14(20)10-6-18-12(16)7-17-10/h3-4,6-7H,1-2,5H2,(H2,16,18)(H,19,20). The van der Waals surface area contributed by atoms with Crippen molar-refractivity contribution in [1.29, 1.82) is 0 Å². The number of fused-ring (bicyclic) bond motifs is 1. The average Bonchev–Trinajstić information content (AvgIpc) is 2.53. The fourth-order valence-electron chi connectivity index (χ4n) is 1.99. The molecule has 0 spiro atoms. The SMILES string of the molecule is Nc1cnc(C(=O)NCc2cc(Cl)c3c(c2)OCCO3)cn1. The molecule has 2 aromatic rings. The summed E-state index contributed by atoms with van der Waals surface area (Å²) in [5.74, 6) is 1.02. The number of hydrogen-bond donors (Lipinski definition) is 2. The summed E-state index contributed by atoms with van der Waals surface area (Å²) in [4.78, 5) is 19.7. The van der Waals surface area contributed by atoms with Gasteiger partial charge in [-0.1, -0.05) is 11.6 Å². The highest BCUT2D eigenvalue weighted by Crippen LogP contribution is 2.38. The molecule has 1 aromatic carbocycles. The molecule has 0 unspecified atom stereocenters. The summed E-state index contributed by atoms with van der Waals surface area (Å²) in [6, 6.07) is 3.51. The summed E-state index contributed by atoms with van der Waals surface area (Å²) < 4.78 is 10.9. The van der Waals surface area contributed by atoms with Crippen LogP contribution in [0.3, 0.4) is 0 Å². The first-order chi connectivity index (χ1) is 10.6. The molecule has 1 aliphatic heterocycles. The fourth-order valence-corrected chi connectivity index (χ4v) is 2.28. The highest BCUT2D eigenvalue weighted by molar-refractivity contribution is 6.32. The number of nitrogens with two attached hydrogens (primary N) is 1. The second-order valence-electron chi connectivity index (χ2n) is 4.61. The maximum atomic E-state index is 12.0. The molecular weight excluding hydrogens is 308 g/mol. The van der Waals surface area contributed by atoms with E-state index in [1.54, 1.807) is 12.1 Å². The maximum absolute atomic E-state index is 12.0. The Bertz CT molecular complexity index is 706. The molecule has 0 saturated carbocycles. The van der Waals surface area contributed by atoms with Crippen LogP contribution in [0.15, 0.2) is 24.5 Å². The number of aromatic nitrogens is 2. The Hall–Kier alpha value is -2.54. The van der Waals surface area contributed by atoms with Crippen LogP contribution in [0.4, 0.5) is 5.82 Å². The zero-order valence-corrected chi connectivity index (χ0v) is 12.3. The molecule has 0 bridgehead atoms. The van der Waals surface area contributed by atoms with E-state index >= 15 is 0 Å². The van der Waals surface area contributed by atoms with Crippen molar-refractivity contribution in [3.8, 4) is 11.5 Å². The van der Waals surface area contributed by atoms with Crippen molar-refractivity contribution in [3.05, 3.63) is 40.8 Å². The largest absolute Gasteiger partial charge is 0.486 e.